The van der Waals surface area contributed by atoms with Gasteiger partial charge >= 0.3 is 0 Å². The highest BCUT2D eigenvalue weighted by Gasteiger charge is 2.37. The van der Waals surface area contributed by atoms with Crippen LogP contribution >= 0.6 is 0 Å². The fourth-order valence-electron chi connectivity index (χ4n) is 5.17. The minimum absolute atomic E-state index is 0.0461. The van der Waals surface area contributed by atoms with Crippen LogP contribution in [0.15, 0.2) is 97.2 Å². The van der Waals surface area contributed by atoms with E-state index in [1.807, 2.05) is 53.3 Å². The van der Waals surface area contributed by atoms with Gasteiger partial charge < -0.3 is 4.74 Å². The zero-order chi connectivity index (χ0) is 24.2. The van der Waals surface area contributed by atoms with E-state index in [0.29, 0.717) is 11.1 Å². The number of hydrogen-bond acceptors (Lipinski definition) is 4. The Kier molecular flexibility index (Phi) is 4.68. The first kappa shape index (κ1) is 21.1. The molecule has 0 bridgehead atoms. The maximum Gasteiger partial charge on any atom is 0.221 e. The van der Waals surface area contributed by atoms with Crippen LogP contribution in [0.2, 0.25) is 0 Å². The Morgan fingerprint density at radius 1 is 0.743 bits per heavy atom. The minimum atomic E-state index is -0.0984. The zero-order valence-corrected chi connectivity index (χ0v) is 19.5. The third kappa shape index (κ3) is 3.28. The first-order chi connectivity index (χ1) is 16.9. The molecule has 0 fully saturated rings. The summed E-state index contributed by atoms with van der Waals surface area (Å²) in [5, 5.41) is 22.3. The van der Waals surface area contributed by atoms with Crippen LogP contribution in [0.5, 0.6) is 0 Å². The molecule has 0 spiro atoms. The molecule has 35 heavy (non-hydrogen) atoms. The predicted molar refractivity (Wildman–Crippen MR) is 140 cm³/mol. The summed E-state index contributed by atoms with van der Waals surface area (Å²) in [6, 6.07) is 29.6. The van der Waals surface area contributed by atoms with Crippen molar-refractivity contribution in [2.45, 2.75) is 19.3 Å². The molecule has 0 saturated carbocycles. The summed E-state index contributed by atoms with van der Waals surface area (Å²) in [6.45, 7) is 4.56. The number of nitrogens with zero attached hydrogens (tertiary/aromatic N) is 2. The molecule has 1 heterocycles. The number of hydrogen-bond donors (Lipinski definition) is 2. The van der Waals surface area contributed by atoms with E-state index in [1.54, 1.807) is 12.1 Å². The highest BCUT2D eigenvalue weighted by atomic mass is 16.5. The molecule has 0 radical (unpaired) electrons. The van der Waals surface area contributed by atoms with E-state index >= 15 is 0 Å². The van der Waals surface area contributed by atoms with Crippen molar-refractivity contribution in [2.24, 2.45) is 0 Å². The van der Waals surface area contributed by atoms with Crippen molar-refractivity contribution in [3.63, 3.8) is 0 Å². The lowest BCUT2D eigenvalue weighted by Crippen LogP contribution is -2.15. The number of nitrogens with one attached hydrogen (secondary N) is 2. The number of aromatic nitrogens is 2. The molecule has 1 aromatic heterocycles. The Bertz CT molecular complexity index is 1610. The predicted octanol–water partition coefficient (Wildman–Crippen LogP) is 6.70. The summed E-state index contributed by atoms with van der Waals surface area (Å²) < 4.78 is 7.41. The monoisotopic (exact) mass is 456 g/mol. The summed E-state index contributed by atoms with van der Waals surface area (Å²) >= 11 is 0. The molecule has 0 saturated heterocycles. The molecule has 6 rings (SSSR count). The SMILES string of the molecule is CC1(C)c2ccccc2-c2ccc3c(cnn3-c3ccc(C(=N)OC(=N)c4ccccc4)cc3)c21. The second-order valence-electron chi connectivity index (χ2n) is 9.32. The Balaban J connectivity index is 1.32. The molecule has 0 amide bonds. The third-order valence-electron chi connectivity index (χ3n) is 6.88. The first-order valence-corrected chi connectivity index (χ1v) is 11.6. The highest BCUT2D eigenvalue weighted by Crippen LogP contribution is 2.51. The van der Waals surface area contributed by atoms with Crippen LogP contribution < -0.4 is 0 Å². The topological polar surface area (TPSA) is 74.8 Å². The summed E-state index contributed by atoms with van der Waals surface area (Å²) in [5.74, 6) is -0.108. The van der Waals surface area contributed by atoms with Gasteiger partial charge in [0.2, 0.25) is 11.8 Å². The normalized spacial score (nSPS) is 13.3. The third-order valence-corrected chi connectivity index (χ3v) is 6.88. The van der Waals surface area contributed by atoms with Crippen molar-refractivity contribution < 1.29 is 4.74 Å². The van der Waals surface area contributed by atoms with E-state index in [1.165, 1.54) is 22.3 Å². The molecule has 1 aliphatic carbocycles. The maximum absolute atomic E-state index is 8.29. The van der Waals surface area contributed by atoms with Gasteiger partial charge in [-0.2, -0.15) is 5.10 Å². The van der Waals surface area contributed by atoms with Crippen LogP contribution in [0.25, 0.3) is 27.7 Å². The number of rotatable bonds is 3. The molecule has 2 N–H and O–H groups in total. The van der Waals surface area contributed by atoms with Crippen molar-refractivity contribution in [3.8, 4) is 16.8 Å². The molecule has 4 aromatic carbocycles. The second-order valence-corrected chi connectivity index (χ2v) is 9.32. The van der Waals surface area contributed by atoms with Gasteiger partial charge in [-0.15, -0.1) is 0 Å². The van der Waals surface area contributed by atoms with Crippen molar-refractivity contribution in [1.82, 2.24) is 9.78 Å². The number of fused-ring (bicyclic) bond motifs is 5. The molecule has 5 aromatic rings. The maximum atomic E-state index is 8.29. The molecular weight excluding hydrogens is 432 g/mol. The summed E-state index contributed by atoms with van der Waals surface area (Å²) in [6.07, 6.45) is 1.96. The van der Waals surface area contributed by atoms with Gasteiger partial charge in [-0.1, -0.05) is 62.4 Å². The van der Waals surface area contributed by atoms with E-state index in [0.717, 1.165) is 16.6 Å². The van der Waals surface area contributed by atoms with Crippen LogP contribution in [0.3, 0.4) is 0 Å². The van der Waals surface area contributed by atoms with Crippen molar-refractivity contribution in [3.05, 3.63) is 119 Å². The second kappa shape index (κ2) is 7.77. The van der Waals surface area contributed by atoms with E-state index < -0.39 is 0 Å². The zero-order valence-electron chi connectivity index (χ0n) is 19.5. The van der Waals surface area contributed by atoms with Gasteiger partial charge in [-0.25, -0.2) is 4.68 Å². The number of ether oxygens (including phenoxy) is 1. The van der Waals surface area contributed by atoms with Gasteiger partial charge in [-0.3, -0.25) is 10.8 Å². The molecule has 0 atom stereocenters. The number of benzene rings is 4. The summed E-state index contributed by atoms with van der Waals surface area (Å²) in [4.78, 5) is 0. The largest absolute Gasteiger partial charge is 0.421 e. The summed E-state index contributed by atoms with van der Waals surface area (Å²) in [7, 11) is 0. The van der Waals surface area contributed by atoms with Crippen LogP contribution in [0.4, 0.5) is 0 Å². The van der Waals surface area contributed by atoms with E-state index in [-0.39, 0.29) is 17.2 Å². The van der Waals surface area contributed by atoms with Crippen LogP contribution in [-0.2, 0) is 10.2 Å². The van der Waals surface area contributed by atoms with Gasteiger partial charge in [0.15, 0.2) is 0 Å². The fraction of sp³-hybridized carbons (Fsp3) is 0.100. The fourth-order valence-corrected chi connectivity index (χ4v) is 5.17. The van der Waals surface area contributed by atoms with Gasteiger partial charge in [0.25, 0.3) is 0 Å². The van der Waals surface area contributed by atoms with E-state index in [9.17, 15) is 0 Å². The van der Waals surface area contributed by atoms with E-state index in [4.69, 9.17) is 20.7 Å². The Morgan fingerprint density at radius 2 is 1.40 bits per heavy atom. The average molecular weight is 457 g/mol. The van der Waals surface area contributed by atoms with Crippen LogP contribution in [0.1, 0.15) is 36.1 Å². The van der Waals surface area contributed by atoms with Crippen LogP contribution in [0, 0.1) is 10.8 Å². The molecule has 0 aliphatic heterocycles. The van der Waals surface area contributed by atoms with Crippen molar-refractivity contribution in [2.75, 3.05) is 0 Å². The van der Waals surface area contributed by atoms with Gasteiger partial charge in [-0.05, 0) is 64.7 Å². The van der Waals surface area contributed by atoms with Crippen molar-refractivity contribution in [1.29, 1.82) is 10.8 Å². The molecule has 1 aliphatic rings. The highest BCUT2D eigenvalue weighted by molar-refractivity contribution is 6.04. The summed E-state index contributed by atoms with van der Waals surface area (Å²) in [5.41, 5.74) is 8.33. The molecular formula is C30H24N4O. The lowest BCUT2D eigenvalue weighted by molar-refractivity contribution is 0.538. The Hall–Kier alpha value is -4.51. The van der Waals surface area contributed by atoms with Gasteiger partial charge in [0.1, 0.15) is 0 Å². The lowest BCUT2D eigenvalue weighted by atomic mass is 9.81. The minimum Gasteiger partial charge on any atom is -0.421 e. The Morgan fingerprint density at radius 3 is 2.14 bits per heavy atom. The van der Waals surface area contributed by atoms with Crippen LogP contribution in [-0.4, -0.2) is 21.6 Å². The lowest BCUT2D eigenvalue weighted by Gasteiger charge is -2.22. The first-order valence-electron chi connectivity index (χ1n) is 11.6. The van der Waals surface area contributed by atoms with E-state index in [2.05, 4.69) is 50.2 Å². The van der Waals surface area contributed by atoms with Gasteiger partial charge in [0.05, 0.1) is 17.4 Å². The van der Waals surface area contributed by atoms with Crippen molar-refractivity contribution >= 4 is 22.7 Å². The van der Waals surface area contributed by atoms with Gasteiger partial charge in [0, 0.05) is 21.9 Å². The molecule has 5 heteroatoms. The average Bonchev–Trinajstić information content (AvgIpc) is 3.41. The Labute approximate surface area is 203 Å². The smallest absolute Gasteiger partial charge is 0.221 e. The molecule has 5 nitrogen and oxygen atoms in total. The molecule has 0 unspecified atom stereocenters. The quantitative estimate of drug-likeness (QED) is 0.234. The molecule has 170 valence electrons. The standard InChI is InChI=1S/C30H24N4O/c1-30(2)25-11-7-6-10-22(25)23-16-17-26-24(27(23)30)18-33-34(26)21-14-12-20(13-15-21)29(32)35-28(31)19-8-4-3-5-9-19/h3-18,31-32H,1-2H3.